The summed E-state index contributed by atoms with van der Waals surface area (Å²) >= 11 is 0. The molecule has 0 saturated carbocycles. The van der Waals surface area contributed by atoms with Crippen LogP contribution >= 0.6 is 0 Å². The molecule has 7 nitrogen and oxygen atoms in total. The summed E-state index contributed by atoms with van der Waals surface area (Å²) in [7, 11) is 0.0328. The highest BCUT2D eigenvalue weighted by Crippen LogP contribution is 2.30. The number of benzene rings is 5. The molecule has 0 bridgehead atoms. The van der Waals surface area contributed by atoms with E-state index in [1.165, 1.54) is 21.3 Å². The van der Waals surface area contributed by atoms with Crippen molar-refractivity contribution >= 4 is 28.5 Å². The molecule has 0 heterocycles. The number of aryl methyl sites for hydroxylation is 3. The van der Waals surface area contributed by atoms with Crippen molar-refractivity contribution in [2.45, 2.75) is 45.4 Å². The number of amides is 1. The van der Waals surface area contributed by atoms with Gasteiger partial charge >= 0.3 is 5.97 Å². The number of ether oxygens (including phenoxy) is 2. The molecule has 0 saturated heterocycles. The quantitative estimate of drug-likeness (QED) is 0.119. The number of carbonyl (C=O) groups excluding carboxylic acids is 2. The van der Waals surface area contributed by atoms with E-state index >= 15 is 0 Å². The largest absolute Gasteiger partial charge is 0.488 e. The van der Waals surface area contributed by atoms with Gasteiger partial charge in [-0.05, 0) is 72.9 Å². The van der Waals surface area contributed by atoms with E-state index in [9.17, 15) is 18.2 Å². The highest BCUT2D eigenvalue weighted by Gasteiger charge is 2.25. The van der Waals surface area contributed by atoms with Gasteiger partial charge in [0.25, 0.3) is 0 Å². The molecule has 0 aliphatic carbocycles. The first-order valence-electron chi connectivity index (χ1n) is 15.9. The normalized spacial score (nSPS) is 11.6. The fraction of sp³-hybridized carbons (Fsp3) is 0.200. The fourth-order valence-corrected chi connectivity index (χ4v) is 6.74. The van der Waals surface area contributed by atoms with Crippen LogP contribution in [0.5, 0.6) is 5.75 Å². The van der Waals surface area contributed by atoms with Crippen LogP contribution in [0.4, 0.5) is 10.1 Å². The lowest BCUT2D eigenvalue weighted by Gasteiger charge is -2.27. The number of halogens is 1. The Bertz CT molecular complexity index is 1910. The molecule has 0 fully saturated rings. The summed E-state index contributed by atoms with van der Waals surface area (Å²) in [5.41, 5.74) is 5.89. The molecule has 0 aromatic heterocycles. The van der Waals surface area contributed by atoms with Gasteiger partial charge in [0.1, 0.15) is 41.3 Å². The van der Waals surface area contributed by atoms with Gasteiger partial charge in [-0.15, -0.1) is 0 Å². The van der Waals surface area contributed by atoms with Crippen molar-refractivity contribution in [1.82, 2.24) is 4.31 Å². The van der Waals surface area contributed by atoms with Crippen LogP contribution in [0, 0.1) is 26.6 Å². The predicted molar refractivity (Wildman–Crippen MR) is 190 cm³/mol. The Balaban J connectivity index is 1.46. The van der Waals surface area contributed by atoms with E-state index in [2.05, 4.69) is 0 Å². The van der Waals surface area contributed by atoms with Crippen LogP contribution in [-0.4, -0.2) is 34.0 Å². The molecule has 0 aliphatic rings. The Kier molecular flexibility index (Phi) is 11.7. The summed E-state index contributed by atoms with van der Waals surface area (Å²) < 4.78 is 40.8. The lowest BCUT2D eigenvalue weighted by molar-refractivity contribution is -0.118. The Morgan fingerprint density at radius 1 is 0.735 bits per heavy atom. The second kappa shape index (κ2) is 16.3. The van der Waals surface area contributed by atoms with Crippen molar-refractivity contribution in [3.05, 3.63) is 160 Å². The van der Waals surface area contributed by atoms with Crippen molar-refractivity contribution in [3.63, 3.8) is 0 Å². The number of carbonyl (C=O) groups is 2. The van der Waals surface area contributed by atoms with Crippen LogP contribution in [0.15, 0.2) is 120 Å². The molecule has 0 aliphatic heterocycles. The highest BCUT2D eigenvalue weighted by molar-refractivity contribution is 7.82. The van der Waals surface area contributed by atoms with Crippen LogP contribution in [-0.2, 0) is 40.3 Å². The molecule has 0 spiro atoms. The van der Waals surface area contributed by atoms with Crippen molar-refractivity contribution in [1.29, 1.82) is 0 Å². The fourth-order valence-electron chi connectivity index (χ4n) is 5.53. The van der Waals surface area contributed by atoms with Gasteiger partial charge in [-0.2, -0.15) is 0 Å². The van der Waals surface area contributed by atoms with Gasteiger partial charge in [0.15, 0.2) is 0 Å². The molecule has 1 amide bonds. The lowest BCUT2D eigenvalue weighted by atomic mass is 10.1. The third kappa shape index (κ3) is 9.28. The summed E-state index contributed by atoms with van der Waals surface area (Å²) in [4.78, 5) is 29.6. The first-order chi connectivity index (χ1) is 23.6. The number of likely N-dealkylation sites (N-methyl/N-ethyl adjacent to an activating group) is 1. The van der Waals surface area contributed by atoms with Gasteiger partial charge in [0, 0.05) is 18.8 Å². The second-order valence-electron chi connectivity index (χ2n) is 11.9. The topological polar surface area (TPSA) is 76.2 Å². The minimum absolute atomic E-state index is 0.0815. The summed E-state index contributed by atoms with van der Waals surface area (Å²) in [6, 6.07) is 33.6. The number of hydrogen-bond acceptors (Lipinski definition) is 5. The first kappa shape index (κ1) is 35.2. The molecule has 1 atom stereocenters. The van der Waals surface area contributed by atoms with E-state index < -0.39 is 22.8 Å². The molecule has 5 aromatic rings. The molecule has 0 N–H and O–H groups in total. The van der Waals surface area contributed by atoms with Crippen LogP contribution in [0.25, 0.3) is 0 Å². The van der Waals surface area contributed by atoms with Crippen molar-refractivity contribution < 1.29 is 27.7 Å². The van der Waals surface area contributed by atoms with Crippen molar-refractivity contribution in [2.24, 2.45) is 0 Å². The summed E-state index contributed by atoms with van der Waals surface area (Å²) in [6.45, 7) is 5.98. The van der Waals surface area contributed by atoms with Crippen molar-refractivity contribution in [3.8, 4) is 5.75 Å². The molecule has 5 aromatic carbocycles. The Morgan fingerprint density at radius 3 is 1.94 bits per heavy atom. The van der Waals surface area contributed by atoms with E-state index in [1.54, 1.807) is 37.4 Å². The second-order valence-corrected chi connectivity index (χ2v) is 13.4. The average molecular weight is 679 g/mol. The van der Waals surface area contributed by atoms with E-state index in [-0.39, 0.29) is 43.5 Å². The summed E-state index contributed by atoms with van der Waals surface area (Å²) in [5, 5.41) is 0. The average Bonchev–Trinajstić information content (AvgIpc) is 3.09. The number of anilines is 1. The van der Waals surface area contributed by atoms with E-state index in [1.807, 2.05) is 93.6 Å². The van der Waals surface area contributed by atoms with Crippen LogP contribution < -0.4 is 9.64 Å². The maximum atomic E-state index is 14.1. The molecule has 5 rings (SSSR count). The minimum Gasteiger partial charge on any atom is -0.488 e. The minimum atomic E-state index is -1.61. The molecule has 0 radical (unpaired) electrons. The lowest BCUT2D eigenvalue weighted by Crippen LogP contribution is -2.39. The first-order valence-corrected chi connectivity index (χ1v) is 17.0. The van der Waals surface area contributed by atoms with Crippen molar-refractivity contribution in [2.75, 3.05) is 18.5 Å². The van der Waals surface area contributed by atoms with Gasteiger partial charge in [-0.25, -0.2) is 17.7 Å². The van der Waals surface area contributed by atoms with E-state index in [0.29, 0.717) is 16.1 Å². The Morgan fingerprint density at radius 2 is 1.33 bits per heavy atom. The van der Waals surface area contributed by atoms with Gasteiger partial charge < -0.3 is 14.4 Å². The van der Waals surface area contributed by atoms with Gasteiger partial charge in [-0.3, -0.25) is 4.79 Å². The maximum Gasteiger partial charge on any atom is 0.342 e. The summed E-state index contributed by atoms with van der Waals surface area (Å²) in [5.74, 6) is -1.08. The van der Waals surface area contributed by atoms with Gasteiger partial charge in [0.05, 0.1) is 18.0 Å². The molecule has 1 unspecified atom stereocenters. The zero-order valence-electron chi connectivity index (χ0n) is 28.0. The molecule has 49 heavy (non-hydrogen) atoms. The Hall–Kier alpha value is -5.12. The zero-order chi connectivity index (χ0) is 34.9. The molecule has 252 valence electrons. The highest BCUT2D eigenvalue weighted by atomic mass is 32.2. The number of esters is 1. The van der Waals surface area contributed by atoms with Crippen LogP contribution in [0.2, 0.25) is 0 Å². The van der Waals surface area contributed by atoms with Gasteiger partial charge in [0.2, 0.25) is 5.91 Å². The smallest absolute Gasteiger partial charge is 0.342 e. The molecular weight excluding hydrogens is 640 g/mol. The van der Waals surface area contributed by atoms with Crippen LogP contribution in [0.1, 0.15) is 43.7 Å². The van der Waals surface area contributed by atoms with Crippen LogP contribution in [0.3, 0.4) is 0 Å². The number of hydrogen-bond donors (Lipinski definition) is 0. The zero-order valence-corrected chi connectivity index (χ0v) is 28.8. The molecular formula is C40H39FN2O5S. The van der Waals surface area contributed by atoms with E-state index in [0.717, 1.165) is 27.8 Å². The Labute approximate surface area is 289 Å². The number of rotatable bonds is 13. The third-order valence-corrected chi connectivity index (χ3v) is 9.61. The SMILES string of the molecule is Cc1cc(C)c(S(=O)N(C)CC(=O)N(Cc2ccc(F)cc2)c2ccc(C(=O)OCc3ccccc3)c(OCc3ccccc3)c2)c(C)c1. The standard InChI is InChI=1S/C40H39FN2O5S/c1-28-21-29(2)39(30(3)22-28)49(46)42(4)25-38(44)43(24-31-15-17-34(41)18-16-31)35-19-20-36(40(45)48-27-33-13-9-6-10-14-33)37(23-35)47-26-32-11-7-5-8-12-32/h5-23H,24-27H2,1-4H3. The molecule has 9 heteroatoms. The maximum absolute atomic E-state index is 14.1. The number of nitrogens with zero attached hydrogens (tertiary/aromatic N) is 2. The third-order valence-electron chi connectivity index (χ3n) is 7.92. The summed E-state index contributed by atoms with van der Waals surface area (Å²) in [6.07, 6.45) is 0. The van der Waals surface area contributed by atoms with E-state index in [4.69, 9.17) is 9.47 Å². The predicted octanol–water partition coefficient (Wildman–Crippen LogP) is 7.87. The van der Waals surface area contributed by atoms with Gasteiger partial charge in [-0.1, -0.05) is 90.5 Å². The monoisotopic (exact) mass is 678 g/mol.